The average molecular weight is 425 g/mol. The number of amides is 3. The molecular formula is C21H23N5O5. The molecule has 0 bridgehead atoms. The highest BCUT2D eigenvalue weighted by Crippen LogP contribution is 2.28. The predicted octanol–water partition coefficient (Wildman–Crippen LogP) is 2.97. The number of anilines is 1. The SMILES string of the molecule is COc1ccc(C(=O)Nc2cnn3c2C(=O)N(C(=O)OC(C)(C)C)C[C@@H]3C)cc1C#N. The van der Waals surface area contributed by atoms with Gasteiger partial charge in [-0.1, -0.05) is 0 Å². The summed E-state index contributed by atoms with van der Waals surface area (Å²) in [6, 6.07) is 6.06. The van der Waals surface area contributed by atoms with Gasteiger partial charge in [0.1, 0.15) is 17.4 Å². The zero-order valence-corrected chi connectivity index (χ0v) is 17.9. The Hall–Kier alpha value is -3.87. The number of ether oxygens (including phenoxy) is 2. The first-order valence-corrected chi connectivity index (χ1v) is 9.57. The van der Waals surface area contributed by atoms with E-state index in [4.69, 9.17) is 9.47 Å². The number of nitrogens with zero attached hydrogens (tertiary/aromatic N) is 4. The molecular weight excluding hydrogens is 402 g/mol. The molecule has 1 aromatic heterocycles. The number of imide groups is 1. The summed E-state index contributed by atoms with van der Waals surface area (Å²) in [6.45, 7) is 7.03. The number of benzene rings is 1. The van der Waals surface area contributed by atoms with Crippen LogP contribution in [0.1, 0.15) is 60.1 Å². The zero-order valence-electron chi connectivity index (χ0n) is 17.9. The highest BCUT2D eigenvalue weighted by Gasteiger charge is 2.38. The van der Waals surface area contributed by atoms with Crippen molar-refractivity contribution in [2.75, 3.05) is 19.0 Å². The van der Waals surface area contributed by atoms with Crippen LogP contribution in [0, 0.1) is 11.3 Å². The van der Waals surface area contributed by atoms with Crippen molar-refractivity contribution in [2.24, 2.45) is 0 Å². The number of hydrogen-bond donors (Lipinski definition) is 1. The molecule has 3 rings (SSSR count). The molecule has 2 heterocycles. The Bertz CT molecular complexity index is 1090. The van der Waals surface area contributed by atoms with Crippen LogP contribution in [0.4, 0.5) is 10.5 Å². The topological polar surface area (TPSA) is 127 Å². The third kappa shape index (κ3) is 4.35. The lowest BCUT2D eigenvalue weighted by molar-refractivity contribution is 0.0188. The molecule has 1 aromatic carbocycles. The van der Waals surface area contributed by atoms with E-state index in [1.807, 2.05) is 6.07 Å². The molecule has 2 aromatic rings. The Morgan fingerprint density at radius 1 is 1.32 bits per heavy atom. The van der Waals surface area contributed by atoms with E-state index < -0.39 is 23.5 Å². The second-order valence-corrected chi connectivity index (χ2v) is 8.08. The first-order valence-electron chi connectivity index (χ1n) is 9.57. The average Bonchev–Trinajstić information content (AvgIpc) is 3.13. The van der Waals surface area contributed by atoms with Crippen LogP contribution in [-0.2, 0) is 4.74 Å². The number of fused-ring (bicyclic) bond motifs is 1. The van der Waals surface area contributed by atoms with Crippen LogP contribution in [0.15, 0.2) is 24.4 Å². The lowest BCUT2D eigenvalue weighted by Crippen LogP contribution is -2.48. The molecule has 0 saturated carbocycles. The summed E-state index contributed by atoms with van der Waals surface area (Å²) in [4.78, 5) is 39.3. The number of aromatic nitrogens is 2. The number of carbonyl (C=O) groups excluding carboxylic acids is 3. The Balaban J connectivity index is 1.88. The van der Waals surface area contributed by atoms with Crippen molar-refractivity contribution in [3.8, 4) is 11.8 Å². The smallest absolute Gasteiger partial charge is 0.417 e. The molecule has 1 N–H and O–H groups in total. The van der Waals surface area contributed by atoms with Crippen LogP contribution in [0.3, 0.4) is 0 Å². The molecule has 0 radical (unpaired) electrons. The monoisotopic (exact) mass is 425 g/mol. The summed E-state index contributed by atoms with van der Waals surface area (Å²) in [6.07, 6.45) is 0.595. The molecule has 162 valence electrons. The fraction of sp³-hybridized carbons (Fsp3) is 0.381. The van der Waals surface area contributed by atoms with E-state index in [0.29, 0.717) is 5.75 Å². The first kappa shape index (κ1) is 21.8. The van der Waals surface area contributed by atoms with Gasteiger partial charge in [-0.2, -0.15) is 10.4 Å². The van der Waals surface area contributed by atoms with Crippen molar-refractivity contribution in [3.63, 3.8) is 0 Å². The van der Waals surface area contributed by atoms with E-state index in [1.165, 1.54) is 36.2 Å². The van der Waals surface area contributed by atoms with Crippen LogP contribution < -0.4 is 10.1 Å². The molecule has 0 saturated heterocycles. The van der Waals surface area contributed by atoms with Gasteiger partial charge in [-0.15, -0.1) is 0 Å². The second kappa shape index (κ2) is 8.10. The number of methoxy groups -OCH3 is 1. The summed E-state index contributed by atoms with van der Waals surface area (Å²) in [5, 5.41) is 16.1. The Morgan fingerprint density at radius 3 is 2.65 bits per heavy atom. The van der Waals surface area contributed by atoms with Gasteiger partial charge in [0.2, 0.25) is 0 Å². The van der Waals surface area contributed by atoms with Gasteiger partial charge in [-0.25, -0.2) is 9.69 Å². The molecule has 3 amide bonds. The van der Waals surface area contributed by atoms with Crippen molar-refractivity contribution in [3.05, 3.63) is 41.2 Å². The highest BCUT2D eigenvalue weighted by molar-refractivity contribution is 6.11. The molecule has 0 aliphatic carbocycles. The van der Waals surface area contributed by atoms with Gasteiger partial charge < -0.3 is 14.8 Å². The first-order chi connectivity index (χ1) is 14.6. The van der Waals surface area contributed by atoms with E-state index >= 15 is 0 Å². The van der Waals surface area contributed by atoms with Gasteiger partial charge in [0.15, 0.2) is 5.69 Å². The minimum absolute atomic E-state index is 0.0759. The molecule has 0 fully saturated rings. The molecule has 0 spiro atoms. The molecule has 0 unspecified atom stereocenters. The standard InChI is InChI=1S/C21H23N5O5/c1-12-11-25(20(29)31-21(2,3)4)19(28)17-15(10-23-26(12)17)24-18(27)13-6-7-16(30-5)14(8-13)9-22/h6-8,10,12H,11H2,1-5H3,(H,24,27)/t12-/m0/s1. The van der Waals surface area contributed by atoms with Crippen LogP contribution in [0.25, 0.3) is 0 Å². The van der Waals surface area contributed by atoms with Crippen LogP contribution in [0.2, 0.25) is 0 Å². The summed E-state index contributed by atoms with van der Waals surface area (Å²) >= 11 is 0. The van der Waals surface area contributed by atoms with Crippen molar-refractivity contribution in [2.45, 2.75) is 39.3 Å². The van der Waals surface area contributed by atoms with Crippen molar-refractivity contribution < 1.29 is 23.9 Å². The number of nitriles is 1. The summed E-state index contributed by atoms with van der Waals surface area (Å²) in [5.74, 6) is -0.809. The quantitative estimate of drug-likeness (QED) is 0.801. The predicted molar refractivity (Wildman–Crippen MR) is 110 cm³/mol. The molecule has 1 aliphatic heterocycles. The van der Waals surface area contributed by atoms with Gasteiger partial charge in [0, 0.05) is 5.56 Å². The molecule has 1 aliphatic rings. The van der Waals surface area contributed by atoms with Crippen molar-refractivity contribution in [1.29, 1.82) is 5.26 Å². The van der Waals surface area contributed by atoms with Crippen LogP contribution in [-0.4, -0.2) is 51.8 Å². The lowest BCUT2D eigenvalue weighted by atomic mass is 10.1. The third-order valence-electron chi connectivity index (χ3n) is 4.55. The van der Waals surface area contributed by atoms with Crippen LogP contribution >= 0.6 is 0 Å². The maximum atomic E-state index is 13.0. The van der Waals surface area contributed by atoms with E-state index in [-0.39, 0.29) is 35.1 Å². The van der Waals surface area contributed by atoms with E-state index in [0.717, 1.165) is 4.90 Å². The fourth-order valence-corrected chi connectivity index (χ4v) is 3.16. The summed E-state index contributed by atoms with van der Waals surface area (Å²) in [7, 11) is 1.43. The minimum atomic E-state index is -0.762. The molecule has 10 nitrogen and oxygen atoms in total. The summed E-state index contributed by atoms with van der Waals surface area (Å²) < 4.78 is 11.9. The minimum Gasteiger partial charge on any atom is -0.495 e. The maximum Gasteiger partial charge on any atom is 0.417 e. The fourth-order valence-electron chi connectivity index (χ4n) is 3.16. The Kier molecular flexibility index (Phi) is 5.71. The molecule has 1 atom stereocenters. The van der Waals surface area contributed by atoms with Gasteiger partial charge >= 0.3 is 6.09 Å². The van der Waals surface area contributed by atoms with Gasteiger partial charge in [-0.3, -0.25) is 14.3 Å². The number of carbonyl (C=O) groups is 3. The van der Waals surface area contributed by atoms with Crippen molar-refractivity contribution >= 4 is 23.6 Å². The van der Waals surface area contributed by atoms with E-state index in [9.17, 15) is 19.6 Å². The zero-order chi connectivity index (χ0) is 22.9. The summed E-state index contributed by atoms with van der Waals surface area (Å²) in [5.41, 5.74) is -0.121. The highest BCUT2D eigenvalue weighted by atomic mass is 16.6. The van der Waals surface area contributed by atoms with Gasteiger partial charge in [-0.05, 0) is 45.9 Å². The molecule has 10 heteroatoms. The van der Waals surface area contributed by atoms with Crippen molar-refractivity contribution in [1.82, 2.24) is 14.7 Å². The van der Waals surface area contributed by atoms with Gasteiger partial charge in [0.05, 0.1) is 37.1 Å². The molecule has 31 heavy (non-hydrogen) atoms. The normalized spacial score (nSPS) is 15.7. The van der Waals surface area contributed by atoms with Crippen LogP contribution in [0.5, 0.6) is 5.75 Å². The van der Waals surface area contributed by atoms with E-state index in [2.05, 4.69) is 10.4 Å². The third-order valence-corrected chi connectivity index (χ3v) is 4.55. The number of nitrogens with one attached hydrogen (secondary N) is 1. The number of rotatable bonds is 3. The second-order valence-electron chi connectivity index (χ2n) is 8.08. The Labute approximate surface area is 179 Å². The number of hydrogen-bond acceptors (Lipinski definition) is 7. The maximum absolute atomic E-state index is 13.0. The largest absolute Gasteiger partial charge is 0.495 e. The van der Waals surface area contributed by atoms with E-state index in [1.54, 1.807) is 27.7 Å². The van der Waals surface area contributed by atoms with Gasteiger partial charge in [0.25, 0.3) is 11.8 Å². The Morgan fingerprint density at radius 2 is 2.03 bits per heavy atom. The lowest BCUT2D eigenvalue weighted by Gasteiger charge is -2.32.